The predicted molar refractivity (Wildman–Crippen MR) is 69.2 cm³/mol. The first-order chi connectivity index (χ1) is 9.27. The van der Waals surface area contributed by atoms with Crippen molar-refractivity contribution in [3.63, 3.8) is 0 Å². The lowest BCUT2D eigenvalue weighted by Crippen LogP contribution is -2.33. The van der Waals surface area contributed by atoms with Gasteiger partial charge < -0.3 is 5.11 Å². The highest BCUT2D eigenvalue weighted by Crippen LogP contribution is 2.40. The van der Waals surface area contributed by atoms with Gasteiger partial charge in [0.2, 0.25) is 0 Å². The molecule has 1 N–H and O–H groups in total. The number of alkyl halides is 3. The second kappa shape index (κ2) is 5.76. The van der Waals surface area contributed by atoms with Crippen LogP contribution in [-0.2, 0) is 13.5 Å². The molecule has 1 unspecified atom stereocenters. The molecule has 6 heteroatoms. The van der Waals surface area contributed by atoms with Crippen molar-refractivity contribution in [3.8, 4) is 0 Å². The van der Waals surface area contributed by atoms with Gasteiger partial charge in [-0.1, -0.05) is 0 Å². The Bertz CT molecular complexity index is 448. The van der Waals surface area contributed by atoms with Crippen LogP contribution in [0.5, 0.6) is 0 Å². The summed E-state index contributed by atoms with van der Waals surface area (Å²) in [7, 11) is 1.82. The van der Waals surface area contributed by atoms with E-state index in [2.05, 4.69) is 5.10 Å². The maximum Gasteiger partial charge on any atom is 0.391 e. The molecule has 0 aromatic carbocycles. The summed E-state index contributed by atoms with van der Waals surface area (Å²) < 4.78 is 39.5. The third-order valence-corrected chi connectivity index (χ3v) is 4.30. The zero-order valence-electron chi connectivity index (χ0n) is 11.8. The van der Waals surface area contributed by atoms with Crippen LogP contribution in [0.25, 0.3) is 0 Å². The van der Waals surface area contributed by atoms with Gasteiger partial charge in [-0.2, -0.15) is 18.3 Å². The standard InChI is InChI=1S/C14H21F3N2O/c1-9-7-12(19(2)18-9)8-13(20)10-3-5-11(6-4-10)14(15,16)17/h7,10-11,13,20H,3-6,8H2,1-2H3. The molecular weight excluding hydrogens is 269 g/mol. The van der Waals surface area contributed by atoms with Crippen LogP contribution < -0.4 is 0 Å². The van der Waals surface area contributed by atoms with Crippen molar-refractivity contribution >= 4 is 0 Å². The summed E-state index contributed by atoms with van der Waals surface area (Å²) in [6, 6.07) is 1.91. The molecule has 114 valence electrons. The fraction of sp³-hybridized carbons (Fsp3) is 0.786. The monoisotopic (exact) mass is 290 g/mol. The van der Waals surface area contributed by atoms with Crippen molar-refractivity contribution in [2.75, 3.05) is 0 Å². The van der Waals surface area contributed by atoms with Crippen LogP contribution in [0.4, 0.5) is 13.2 Å². The predicted octanol–water partition coefficient (Wildman–Crippen LogP) is 3.00. The lowest BCUT2D eigenvalue weighted by molar-refractivity contribution is -0.185. The largest absolute Gasteiger partial charge is 0.392 e. The lowest BCUT2D eigenvalue weighted by atomic mass is 9.78. The zero-order chi connectivity index (χ0) is 14.9. The van der Waals surface area contributed by atoms with E-state index in [1.54, 1.807) is 4.68 Å². The quantitative estimate of drug-likeness (QED) is 0.929. The Kier molecular flexibility index (Phi) is 4.42. The Labute approximate surface area is 116 Å². The Hall–Kier alpha value is -1.04. The van der Waals surface area contributed by atoms with Gasteiger partial charge >= 0.3 is 6.18 Å². The van der Waals surface area contributed by atoms with Gasteiger partial charge in [0.1, 0.15) is 0 Å². The zero-order valence-corrected chi connectivity index (χ0v) is 11.8. The Morgan fingerprint density at radius 1 is 1.35 bits per heavy atom. The molecule has 3 nitrogen and oxygen atoms in total. The van der Waals surface area contributed by atoms with Gasteiger partial charge in [-0.25, -0.2) is 0 Å². The topological polar surface area (TPSA) is 38.0 Å². The Balaban J connectivity index is 1.89. The van der Waals surface area contributed by atoms with Crippen LogP contribution in [0.3, 0.4) is 0 Å². The fourth-order valence-electron chi connectivity index (χ4n) is 3.07. The number of hydrogen-bond acceptors (Lipinski definition) is 2. The van der Waals surface area contributed by atoms with Gasteiger partial charge in [0.25, 0.3) is 0 Å². The lowest BCUT2D eigenvalue weighted by Gasteiger charge is -2.32. The number of aromatic nitrogens is 2. The van der Waals surface area contributed by atoms with E-state index in [1.807, 2.05) is 20.0 Å². The van der Waals surface area contributed by atoms with E-state index in [1.165, 1.54) is 0 Å². The van der Waals surface area contributed by atoms with Gasteiger partial charge in [0.05, 0.1) is 17.7 Å². The van der Waals surface area contributed by atoms with Crippen LogP contribution >= 0.6 is 0 Å². The summed E-state index contributed by atoms with van der Waals surface area (Å²) in [5, 5.41) is 14.4. The van der Waals surface area contributed by atoms with E-state index in [4.69, 9.17) is 0 Å². The third kappa shape index (κ3) is 3.53. The first-order valence-electron chi connectivity index (χ1n) is 7.01. The smallest absolute Gasteiger partial charge is 0.391 e. The molecule has 0 aliphatic heterocycles. The molecule has 2 rings (SSSR count). The van der Waals surface area contributed by atoms with Gasteiger partial charge in [-0.15, -0.1) is 0 Å². The maximum absolute atomic E-state index is 12.6. The Morgan fingerprint density at radius 3 is 2.40 bits per heavy atom. The van der Waals surface area contributed by atoms with Crippen LogP contribution in [0.15, 0.2) is 6.07 Å². The number of hydrogen-bond donors (Lipinski definition) is 1. The fourth-order valence-corrected chi connectivity index (χ4v) is 3.07. The minimum atomic E-state index is -4.09. The molecule has 1 aliphatic carbocycles. The first-order valence-corrected chi connectivity index (χ1v) is 7.01. The van der Waals surface area contributed by atoms with E-state index in [0.717, 1.165) is 11.4 Å². The van der Waals surface area contributed by atoms with Crippen LogP contribution in [0.2, 0.25) is 0 Å². The second-order valence-electron chi connectivity index (χ2n) is 5.83. The van der Waals surface area contributed by atoms with Crippen LogP contribution in [0.1, 0.15) is 37.1 Å². The first kappa shape index (κ1) is 15.4. The second-order valence-corrected chi connectivity index (χ2v) is 5.83. The summed E-state index contributed by atoms with van der Waals surface area (Å²) in [6.45, 7) is 1.88. The highest BCUT2D eigenvalue weighted by Gasteiger charge is 2.42. The van der Waals surface area contributed by atoms with Crippen molar-refractivity contribution in [3.05, 3.63) is 17.5 Å². The normalized spacial score (nSPS) is 25.7. The van der Waals surface area contributed by atoms with E-state index in [-0.39, 0.29) is 18.8 Å². The Morgan fingerprint density at radius 2 is 1.95 bits per heavy atom. The molecule has 1 heterocycles. The molecular formula is C14H21F3N2O. The molecule has 1 atom stereocenters. The van der Waals surface area contributed by atoms with Crippen LogP contribution in [0, 0.1) is 18.8 Å². The van der Waals surface area contributed by atoms with E-state index in [0.29, 0.717) is 19.3 Å². The molecule has 1 aliphatic rings. The van der Waals surface area contributed by atoms with Crippen LogP contribution in [-0.4, -0.2) is 27.2 Å². The van der Waals surface area contributed by atoms with Gasteiger partial charge in [-0.05, 0) is 44.6 Å². The molecule has 1 aromatic rings. The molecule has 20 heavy (non-hydrogen) atoms. The van der Waals surface area contributed by atoms with Crippen molar-refractivity contribution < 1.29 is 18.3 Å². The molecule has 1 saturated carbocycles. The molecule has 0 bridgehead atoms. The van der Waals surface area contributed by atoms with Gasteiger partial charge in [-0.3, -0.25) is 4.68 Å². The molecule has 1 fully saturated rings. The SMILES string of the molecule is Cc1cc(CC(O)C2CCC(C(F)(F)F)CC2)n(C)n1. The minimum Gasteiger partial charge on any atom is -0.392 e. The summed E-state index contributed by atoms with van der Waals surface area (Å²) in [6.07, 6.45) is -3.05. The number of aryl methyl sites for hydroxylation is 2. The third-order valence-electron chi connectivity index (χ3n) is 4.30. The number of aliphatic hydroxyl groups is 1. The van der Waals surface area contributed by atoms with Gasteiger partial charge in [0.15, 0.2) is 0 Å². The van der Waals surface area contributed by atoms with Crippen molar-refractivity contribution in [2.24, 2.45) is 18.9 Å². The van der Waals surface area contributed by atoms with Crippen molar-refractivity contribution in [1.82, 2.24) is 9.78 Å². The van der Waals surface area contributed by atoms with E-state index in [9.17, 15) is 18.3 Å². The van der Waals surface area contributed by atoms with Gasteiger partial charge in [0, 0.05) is 19.2 Å². The number of nitrogens with zero attached hydrogens (tertiary/aromatic N) is 2. The summed E-state index contributed by atoms with van der Waals surface area (Å²) in [5.74, 6) is -1.23. The summed E-state index contributed by atoms with van der Waals surface area (Å²) in [5.41, 5.74) is 1.81. The number of aliphatic hydroxyl groups excluding tert-OH is 1. The highest BCUT2D eigenvalue weighted by atomic mass is 19.4. The minimum absolute atomic E-state index is 0.0381. The summed E-state index contributed by atoms with van der Waals surface area (Å²) in [4.78, 5) is 0. The molecule has 1 aromatic heterocycles. The molecule has 0 amide bonds. The average molecular weight is 290 g/mol. The highest BCUT2D eigenvalue weighted by molar-refractivity contribution is 5.09. The maximum atomic E-state index is 12.6. The average Bonchev–Trinajstić information content (AvgIpc) is 2.67. The molecule has 0 saturated heterocycles. The molecule has 0 radical (unpaired) electrons. The van der Waals surface area contributed by atoms with E-state index >= 15 is 0 Å². The van der Waals surface area contributed by atoms with Crippen molar-refractivity contribution in [2.45, 2.75) is 51.3 Å². The van der Waals surface area contributed by atoms with E-state index < -0.39 is 18.2 Å². The summed E-state index contributed by atoms with van der Waals surface area (Å²) >= 11 is 0. The number of halogens is 3. The van der Waals surface area contributed by atoms with Crippen molar-refractivity contribution in [1.29, 1.82) is 0 Å². The number of rotatable bonds is 3. The molecule has 0 spiro atoms.